The molecule has 0 spiro atoms. The topological polar surface area (TPSA) is 28.7 Å². The fourth-order valence-corrected chi connectivity index (χ4v) is 3.33. The number of benzene rings is 1. The Kier molecular flexibility index (Phi) is 3.74. The first-order chi connectivity index (χ1) is 9.28. The summed E-state index contributed by atoms with van der Waals surface area (Å²) in [5.41, 5.74) is 5.18. The molecule has 2 nitrogen and oxygen atoms in total. The van der Waals surface area contributed by atoms with Gasteiger partial charge in [-0.1, -0.05) is 47.8 Å². The van der Waals surface area contributed by atoms with Gasteiger partial charge in [0.15, 0.2) is 0 Å². The number of nitrogens with zero attached hydrogens (tertiary/aromatic N) is 1. The minimum atomic E-state index is 0.837. The zero-order chi connectivity index (χ0) is 13.2. The summed E-state index contributed by atoms with van der Waals surface area (Å²) < 4.78 is 1.12. The van der Waals surface area contributed by atoms with Gasteiger partial charge in [-0.3, -0.25) is 5.10 Å². The van der Waals surface area contributed by atoms with Crippen LogP contribution in [0.1, 0.15) is 37.4 Å². The van der Waals surface area contributed by atoms with Crippen molar-refractivity contribution in [2.45, 2.75) is 39.0 Å². The number of halogens is 1. The highest BCUT2D eigenvalue weighted by Gasteiger charge is 2.23. The van der Waals surface area contributed by atoms with E-state index < -0.39 is 0 Å². The van der Waals surface area contributed by atoms with Gasteiger partial charge in [0.1, 0.15) is 0 Å². The van der Waals surface area contributed by atoms with Gasteiger partial charge in [-0.25, -0.2) is 0 Å². The van der Waals surface area contributed by atoms with Crippen LogP contribution in [0.3, 0.4) is 0 Å². The Hall–Kier alpha value is -1.09. The van der Waals surface area contributed by atoms with Gasteiger partial charge in [-0.2, -0.15) is 5.10 Å². The maximum atomic E-state index is 4.55. The Bertz CT molecular complexity index is 557. The first-order valence-corrected chi connectivity index (χ1v) is 7.89. The molecular formula is C16H19BrN2. The van der Waals surface area contributed by atoms with E-state index in [1.54, 1.807) is 0 Å². The Morgan fingerprint density at radius 2 is 2.11 bits per heavy atom. The maximum Gasteiger partial charge on any atom is 0.0955 e. The molecule has 100 valence electrons. The molecule has 0 saturated heterocycles. The summed E-state index contributed by atoms with van der Waals surface area (Å²) in [6.07, 6.45) is 6.27. The first-order valence-electron chi connectivity index (χ1n) is 7.10. The molecule has 1 heterocycles. The molecule has 1 aliphatic rings. The lowest BCUT2D eigenvalue weighted by Gasteiger charge is -2.21. The Morgan fingerprint density at radius 3 is 2.84 bits per heavy atom. The van der Waals surface area contributed by atoms with Crippen molar-refractivity contribution < 1.29 is 0 Å². The van der Waals surface area contributed by atoms with Gasteiger partial charge in [0, 0.05) is 21.3 Å². The van der Waals surface area contributed by atoms with Crippen molar-refractivity contribution in [3.8, 4) is 11.3 Å². The van der Waals surface area contributed by atoms with E-state index in [-0.39, 0.29) is 0 Å². The van der Waals surface area contributed by atoms with Crippen LogP contribution in [0.4, 0.5) is 0 Å². The van der Waals surface area contributed by atoms with Crippen LogP contribution in [0.25, 0.3) is 11.3 Å². The molecule has 2 aromatic rings. The Morgan fingerprint density at radius 1 is 1.32 bits per heavy atom. The van der Waals surface area contributed by atoms with Gasteiger partial charge in [0.2, 0.25) is 0 Å². The average molecular weight is 319 g/mol. The lowest BCUT2D eigenvalue weighted by atomic mass is 9.83. The number of fused-ring (bicyclic) bond motifs is 1. The van der Waals surface area contributed by atoms with E-state index in [9.17, 15) is 0 Å². The van der Waals surface area contributed by atoms with E-state index in [4.69, 9.17) is 0 Å². The summed E-state index contributed by atoms with van der Waals surface area (Å²) in [6, 6.07) is 8.46. The average Bonchev–Trinajstić information content (AvgIpc) is 2.83. The highest BCUT2D eigenvalue weighted by atomic mass is 79.9. The zero-order valence-electron chi connectivity index (χ0n) is 11.2. The molecule has 1 unspecified atom stereocenters. The Balaban J connectivity index is 1.92. The number of aromatic amines is 1. The van der Waals surface area contributed by atoms with E-state index >= 15 is 0 Å². The van der Waals surface area contributed by atoms with E-state index in [0.717, 1.165) is 22.5 Å². The zero-order valence-corrected chi connectivity index (χ0v) is 12.8. The number of rotatable bonds is 3. The van der Waals surface area contributed by atoms with Crippen molar-refractivity contribution >= 4 is 15.9 Å². The summed E-state index contributed by atoms with van der Waals surface area (Å²) in [7, 11) is 0. The molecule has 3 rings (SSSR count). The smallest absolute Gasteiger partial charge is 0.0955 e. The first kappa shape index (κ1) is 12.9. The number of H-pyrrole nitrogens is 1. The van der Waals surface area contributed by atoms with Crippen LogP contribution in [0.15, 0.2) is 28.7 Å². The van der Waals surface area contributed by atoms with E-state index in [1.807, 2.05) is 0 Å². The van der Waals surface area contributed by atoms with Gasteiger partial charge in [0.05, 0.1) is 5.69 Å². The number of hydrogen-bond acceptors (Lipinski definition) is 1. The van der Waals surface area contributed by atoms with Crippen molar-refractivity contribution in [2.75, 3.05) is 0 Å². The van der Waals surface area contributed by atoms with Crippen molar-refractivity contribution in [1.82, 2.24) is 10.2 Å². The van der Waals surface area contributed by atoms with Gasteiger partial charge < -0.3 is 0 Å². The van der Waals surface area contributed by atoms with Crippen LogP contribution in [0, 0.1) is 5.92 Å². The third-order valence-corrected chi connectivity index (χ3v) is 4.59. The normalized spacial score (nSPS) is 18.3. The van der Waals surface area contributed by atoms with Gasteiger partial charge in [-0.15, -0.1) is 0 Å². The highest BCUT2D eigenvalue weighted by Crippen LogP contribution is 2.33. The van der Waals surface area contributed by atoms with Gasteiger partial charge >= 0.3 is 0 Å². The quantitative estimate of drug-likeness (QED) is 0.869. The third kappa shape index (κ3) is 2.62. The van der Waals surface area contributed by atoms with Crippen molar-refractivity contribution in [3.63, 3.8) is 0 Å². The van der Waals surface area contributed by atoms with Crippen molar-refractivity contribution in [2.24, 2.45) is 5.92 Å². The molecule has 0 aliphatic heterocycles. The van der Waals surface area contributed by atoms with Crippen LogP contribution in [-0.4, -0.2) is 10.2 Å². The maximum absolute atomic E-state index is 4.55. The monoisotopic (exact) mass is 318 g/mol. The molecule has 0 fully saturated rings. The lowest BCUT2D eigenvalue weighted by Crippen LogP contribution is -2.13. The van der Waals surface area contributed by atoms with Crippen LogP contribution < -0.4 is 0 Å². The molecule has 0 amide bonds. The van der Waals surface area contributed by atoms with Crippen molar-refractivity contribution in [3.05, 3.63) is 40.0 Å². The lowest BCUT2D eigenvalue weighted by molar-refractivity contribution is 0.421. The molecule has 1 atom stereocenters. The van der Waals surface area contributed by atoms with Crippen LogP contribution >= 0.6 is 15.9 Å². The summed E-state index contributed by atoms with van der Waals surface area (Å²) in [5, 5.41) is 7.79. The van der Waals surface area contributed by atoms with E-state index in [0.29, 0.717) is 0 Å². The van der Waals surface area contributed by atoms with Crippen LogP contribution in [0.2, 0.25) is 0 Å². The molecule has 1 aromatic carbocycles. The van der Waals surface area contributed by atoms with Gasteiger partial charge in [0.25, 0.3) is 0 Å². The van der Waals surface area contributed by atoms with Crippen LogP contribution in [-0.2, 0) is 12.8 Å². The van der Waals surface area contributed by atoms with Crippen molar-refractivity contribution in [1.29, 1.82) is 0 Å². The predicted octanol–water partition coefficient (Wildman–Crippen LogP) is 4.74. The molecule has 1 aliphatic carbocycles. The fourth-order valence-electron chi connectivity index (χ4n) is 3.07. The minimum Gasteiger partial charge on any atom is -0.282 e. The molecular weight excluding hydrogens is 300 g/mol. The van der Waals surface area contributed by atoms with Gasteiger partial charge in [-0.05, 0) is 37.3 Å². The largest absolute Gasteiger partial charge is 0.282 e. The second-order valence-electron chi connectivity index (χ2n) is 5.43. The minimum absolute atomic E-state index is 0.837. The fraction of sp³-hybridized carbons (Fsp3) is 0.438. The summed E-state index contributed by atoms with van der Waals surface area (Å²) in [5.74, 6) is 0.837. The van der Waals surface area contributed by atoms with E-state index in [2.05, 4.69) is 57.3 Å². The summed E-state index contributed by atoms with van der Waals surface area (Å²) in [4.78, 5) is 0. The standard InChI is InChI=1S/C16H19BrN2/c1-2-3-11-4-9-15-14(10-11)16(19-18-15)12-5-7-13(17)8-6-12/h5-8,11H,2-4,9-10H2,1H3,(H,18,19). The Labute approximate surface area is 122 Å². The molecule has 1 N–H and O–H groups in total. The number of nitrogens with one attached hydrogen (secondary N) is 1. The third-order valence-electron chi connectivity index (χ3n) is 4.06. The second-order valence-corrected chi connectivity index (χ2v) is 6.35. The summed E-state index contributed by atoms with van der Waals surface area (Å²) in [6.45, 7) is 2.28. The molecule has 19 heavy (non-hydrogen) atoms. The molecule has 3 heteroatoms. The molecule has 0 saturated carbocycles. The number of aromatic nitrogens is 2. The molecule has 0 bridgehead atoms. The predicted molar refractivity (Wildman–Crippen MR) is 82.1 cm³/mol. The number of aryl methyl sites for hydroxylation is 1. The highest BCUT2D eigenvalue weighted by molar-refractivity contribution is 9.10. The SMILES string of the molecule is CCCC1CCc2[nH]nc(-c3ccc(Br)cc3)c2C1. The van der Waals surface area contributed by atoms with Crippen LogP contribution in [0.5, 0.6) is 0 Å². The molecule has 1 aromatic heterocycles. The number of hydrogen-bond donors (Lipinski definition) is 1. The summed E-state index contributed by atoms with van der Waals surface area (Å²) >= 11 is 3.49. The second kappa shape index (κ2) is 5.49. The molecule has 0 radical (unpaired) electrons. The van der Waals surface area contributed by atoms with E-state index in [1.165, 1.54) is 42.5 Å².